The number of nitrogens with one attached hydrogen (secondary N) is 1. The number of amides is 3. The molecule has 0 radical (unpaired) electrons. The van der Waals surface area contributed by atoms with Crippen LogP contribution in [-0.4, -0.2) is 52.7 Å². The summed E-state index contributed by atoms with van der Waals surface area (Å²) in [5.41, 5.74) is -0.796. The highest BCUT2D eigenvalue weighted by molar-refractivity contribution is 6.23. The third-order valence-electron chi connectivity index (χ3n) is 5.54. The van der Waals surface area contributed by atoms with Gasteiger partial charge in [-0.05, 0) is 24.8 Å². The Morgan fingerprint density at radius 2 is 1.97 bits per heavy atom. The topological polar surface area (TPSA) is 136 Å². The molecule has 1 saturated carbocycles. The van der Waals surface area contributed by atoms with E-state index in [1.54, 1.807) is 0 Å². The lowest BCUT2D eigenvalue weighted by molar-refractivity contribution is -0.385. The fourth-order valence-electron chi connectivity index (χ4n) is 3.87. The molecule has 0 bridgehead atoms. The standard InChI is InChI=1S/C20H23N3O7/c1-12-5-2-3-7-14(12)21-16(24)11-30-17(25)9-10-22-19(26)13-6-4-8-15(23(28)29)18(13)20(22)27/h4,6,8,12,14H,2-3,5,7,9-11H2,1H3,(H,21,24)/t12-,14-/m1/s1. The Balaban J connectivity index is 1.50. The maximum absolute atomic E-state index is 12.4. The van der Waals surface area contributed by atoms with Gasteiger partial charge in [-0.15, -0.1) is 0 Å². The van der Waals surface area contributed by atoms with Crippen LogP contribution >= 0.6 is 0 Å². The SMILES string of the molecule is C[C@@H]1CCCC[C@H]1NC(=O)COC(=O)CCN1C(=O)c2cccc([N+](=O)[O-])c2C1=O. The van der Waals surface area contributed by atoms with Crippen molar-refractivity contribution in [1.29, 1.82) is 0 Å². The van der Waals surface area contributed by atoms with Crippen LogP contribution in [0.25, 0.3) is 0 Å². The molecule has 2 aliphatic rings. The van der Waals surface area contributed by atoms with E-state index in [2.05, 4.69) is 12.2 Å². The Morgan fingerprint density at radius 1 is 1.23 bits per heavy atom. The van der Waals surface area contributed by atoms with Crippen molar-refractivity contribution in [1.82, 2.24) is 10.2 Å². The summed E-state index contributed by atoms with van der Waals surface area (Å²) in [6.07, 6.45) is 3.82. The molecule has 160 valence electrons. The van der Waals surface area contributed by atoms with Crippen LogP contribution in [0, 0.1) is 16.0 Å². The number of nitro benzene ring substituents is 1. The summed E-state index contributed by atoms with van der Waals surface area (Å²) in [5.74, 6) is -2.28. The summed E-state index contributed by atoms with van der Waals surface area (Å²) in [6, 6.07) is 3.87. The van der Waals surface area contributed by atoms with Gasteiger partial charge in [-0.1, -0.05) is 25.8 Å². The van der Waals surface area contributed by atoms with E-state index in [1.807, 2.05) is 0 Å². The number of nitro groups is 1. The molecule has 0 aromatic heterocycles. The number of hydrogen-bond donors (Lipinski definition) is 1. The van der Waals surface area contributed by atoms with E-state index >= 15 is 0 Å². The van der Waals surface area contributed by atoms with E-state index in [-0.39, 0.29) is 30.1 Å². The molecule has 30 heavy (non-hydrogen) atoms. The molecule has 2 atom stereocenters. The van der Waals surface area contributed by atoms with Crippen molar-refractivity contribution in [3.05, 3.63) is 39.4 Å². The average molecular weight is 417 g/mol. The van der Waals surface area contributed by atoms with Crippen LogP contribution in [-0.2, 0) is 14.3 Å². The Hall–Kier alpha value is -3.30. The lowest BCUT2D eigenvalue weighted by Gasteiger charge is -2.29. The molecule has 0 saturated heterocycles. The first-order valence-electron chi connectivity index (χ1n) is 9.88. The Labute approximate surface area is 172 Å². The van der Waals surface area contributed by atoms with Gasteiger partial charge in [0.2, 0.25) is 0 Å². The number of ether oxygens (including phenoxy) is 1. The molecule has 3 amide bonds. The van der Waals surface area contributed by atoms with Crippen LogP contribution in [0.15, 0.2) is 18.2 Å². The van der Waals surface area contributed by atoms with E-state index in [0.29, 0.717) is 5.92 Å². The molecule has 10 heteroatoms. The number of carbonyl (C=O) groups excluding carboxylic acids is 4. The van der Waals surface area contributed by atoms with E-state index in [4.69, 9.17) is 4.74 Å². The molecule has 0 spiro atoms. The predicted octanol–water partition coefficient (Wildman–Crippen LogP) is 1.82. The molecular weight excluding hydrogens is 394 g/mol. The molecule has 1 aliphatic carbocycles. The van der Waals surface area contributed by atoms with Crippen molar-refractivity contribution in [2.24, 2.45) is 5.92 Å². The van der Waals surface area contributed by atoms with E-state index in [1.165, 1.54) is 12.1 Å². The summed E-state index contributed by atoms with van der Waals surface area (Å²) in [6.45, 7) is 1.35. The maximum atomic E-state index is 12.4. The Kier molecular flexibility index (Phi) is 6.43. The third kappa shape index (κ3) is 4.47. The number of benzene rings is 1. The van der Waals surface area contributed by atoms with Crippen LogP contribution in [0.5, 0.6) is 0 Å². The fraction of sp³-hybridized carbons (Fsp3) is 0.500. The molecule has 10 nitrogen and oxygen atoms in total. The number of nitrogens with zero attached hydrogens (tertiary/aromatic N) is 2. The molecule has 1 aliphatic heterocycles. The van der Waals surface area contributed by atoms with Crippen molar-refractivity contribution in [2.45, 2.75) is 45.1 Å². The fourth-order valence-corrected chi connectivity index (χ4v) is 3.87. The van der Waals surface area contributed by atoms with Crippen LogP contribution in [0.2, 0.25) is 0 Å². The summed E-state index contributed by atoms with van der Waals surface area (Å²) in [5, 5.41) is 14.0. The van der Waals surface area contributed by atoms with E-state index < -0.39 is 40.9 Å². The minimum atomic E-state index is -0.820. The zero-order chi connectivity index (χ0) is 21.8. The van der Waals surface area contributed by atoms with Crippen LogP contribution < -0.4 is 5.32 Å². The van der Waals surface area contributed by atoms with Crippen molar-refractivity contribution >= 4 is 29.4 Å². The number of esters is 1. The first-order valence-corrected chi connectivity index (χ1v) is 9.88. The summed E-state index contributed by atoms with van der Waals surface area (Å²) < 4.78 is 4.94. The summed E-state index contributed by atoms with van der Waals surface area (Å²) >= 11 is 0. The minimum Gasteiger partial charge on any atom is -0.456 e. The van der Waals surface area contributed by atoms with Crippen LogP contribution in [0.1, 0.15) is 59.7 Å². The second kappa shape index (κ2) is 9.02. The van der Waals surface area contributed by atoms with Gasteiger partial charge in [0.15, 0.2) is 6.61 Å². The van der Waals surface area contributed by atoms with Crippen molar-refractivity contribution < 1.29 is 28.8 Å². The Morgan fingerprint density at radius 3 is 2.67 bits per heavy atom. The van der Waals surface area contributed by atoms with Crippen molar-refractivity contribution in [2.75, 3.05) is 13.2 Å². The maximum Gasteiger partial charge on any atom is 0.308 e. The number of fused-ring (bicyclic) bond motifs is 1. The van der Waals surface area contributed by atoms with E-state index in [9.17, 15) is 29.3 Å². The van der Waals surface area contributed by atoms with Gasteiger partial charge in [0.25, 0.3) is 23.4 Å². The second-order valence-corrected chi connectivity index (χ2v) is 7.57. The molecule has 1 N–H and O–H groups in total. The third-order valence-corrected chi connectivity index (χ3v) is 5.54. The molecule has 1 aromatic rings. The average Bonchev–Trinajstić information content (AvgIpc) is 2.96. The molecule has 1 fully saturated rings. The minimum absolute atomic E-state index is 0.0662. The number of imide groups is 1. The van der Waals surface area contributed by atoms with Crippen LogP contribution in [0.3, 0.4) is 0 Å². The summed E-state index contributed by atoms with van der Waals surface area (Å²) in [4.78, 5) is 60.0. The monoisotopic (exact) mass is 417 g/mol. The first-order chi connectivity index (χ1) is 14.3. The van der Waals surface area contributed by atoms with Gasteiger partial charge in [-0.25, -0.2) is 0 Å². The predicted molar refractivity (Wildman–Crippen MR) is 104 cm³/mol. The van der Waals surface area contributed by atoms with Gasteiger partial charge in [0.1, 0.15) is 5.56 Å². The van der Waals surface area contributed by atoms with Crippen molar-refractivity contribution in [3.8, 4) is 0 Å². The smallest absolute Gasteiger partial charge is 0.308 e. The highest BCUT2D eigenvalue weighted by Crippen LogP contribution is 2.30. The van der Waals surface area contributed by atoms with Gasteiger partial charge in [-0.3, -0.25) is 34.2 Å². The highest BCUT2D eigenvalue weighted by atomic mass is 16.6. The molecular formula is C20H23N3O7. The van der Waals surface area contributed by atoms with Crippen molar-refractivity contribution in [3.63, 3.8) is 0 Å². The van der Waals surface area contributed by atoms with E-state index in [0.717, 1.165) is 36.6 Å². The van der Waals surface area contributed by atoms with Gasteiger partial charge in [0.05, 0.1) is 16.9 Å². The van der Waals surface area contributed by atoms with Gasteiger partial charge >= 0.3 is 5.97 Å². The van der Waals surface area contributed by atoms with Gasteiger partial charge in [0, 0.05) is 18.7 Å². The number of carbonyl (C=O) groups is 4. The largest absolute Gasteiger partial charge is 0.456 e. The second-order valence-electron chi connectivity index (χ2n) is 7.57. The number of rotatable bonds is 7. The molecule has 1 aromatic carbocycles. The normalized spacial score (nSPS) is 20.6. The zero-order valence-electron chi connectivity index (χ0n) is 16.6. The quantitative estimate of drug-likeness (QED) is 0.309. The molecule has 3 rings (SSSR count). The Bertz CT molecular complexity index is 898. The lowest BCUT2D eigenvalue weighted by atomic mass is 9.86. The lowest BCUT2D eigenvalue weighted by Crippen LogP contribution is -2.43. The zero-order valence-corrected chi connectivity index (χ0v) is 16.6. The van der Waals surface area contributed by atoms with Crippen LogP contribution in [0.4, 0.5) is 5.69 Å². The first kappa shape index (κ1) is 21.4. The molecule has 0 unspecified atom stereocenters. The molecule has 1 heterocycles. The van der Waals surface area contributed by atoms with Gasteiger partial charge < -0.3 is 10.1 Å². The summed E-state index contributed by atoms with van der Waals surface area (Å²) in [7, 11) is 0. The van der Waals surface area contributed by atoms with Gasteiger partial charge in [-0.2, -0.15) is 0 Å². The highest BCUT2D eigenvalue weighted by Gasteiger charge is 2.40. The number of hydrogen-bond acceptors (Lipinski definition) is 7.